The summed E-state index contributed by atoms with van der Waals surface area (Å²) in [6.45, 7) is 8.25. The molecule has 0 radical (unpaired) electrons. The second-order valence-corrected chi connectivity index (χ2v) is 6.11. The number of nitrogens with zero attached hydrogens (tertiary/aromatic N) is 4. The molecule has 7 heteroatoms. The first-order valence-corrected chi connectivity index (χ1v) is 8.12. The van der Waals surface area contributed by atoms with Crippen molar-refractivity contribution in [3.63, 3.8) is 0 Å². The van der Waals surface area contributed by atoms with E-state index < -0.39 is 0 Å². The third-order valence-electron chi connectivity index (χ3n) is 3.53. The van der Waals surface area contributed by atoms with Gasteiger partial charge in [0, 0.05) is 43.4 Å². The Morgan fingerprint density at radius 2 is 2.24 bits per heavy atom. The molecule has 0 aromatic carbocycles. The van der Waals surface area contributed by atoms with Gasteiger partial charge in [-0.05, 0) is 13.0 Å². The maximum atomic E-state index is 5.39. The van der Waals surface area contributed by atoms with Crippen LogP contribution in [-0.2, 0) is 17.8 Å². The quantitative estimate of drug-likeness (QED) is 0.815. The molecule has 0 amide bonds. The van der Waals surface area contributed by atoms with Crippen LogP contribution in [0.5, 0.6) is 0 Å². The van der Waals surface area contributed by atoms with E-state index in [1.54, 1.807) is 11.3 Å². The standard InChI is InChI=1S/C14H21N5OS/c1-12-13(11-15-4-6-19-5-2-3-16-19)21-14(17-12)18-7-9-20-10-8-18/h2-3,5,15H,4,6-11H2,1H3. The fourth-order valence-corrected chi connectivity index (χ4v) is 3.38. The zero-order chi connectivity index (χ0) is 14.5. The van der Waals surface area contributed by atoms with Crippen molar-refractivity contribution in [2.75, 3.05) is 37.7 Å². The molecule has 1 aliphatic rings. The van der Waals surface area contributed by atoms with Gasteiger partial charge in [-0.2, -0.15) is 5.10 Å². The average Bonchev–Trinajstić information content (AvgIpc) is 3.15. The average molecular weight is 307 g/mol. The highest BCUT2D eigenvalue weighted by Crippen LogP contribution is 2.26. The summed E-state index contributed by atoms with van der Waals surface area (Å²) in [5.74, 6) is 0. The van der Waals surface area contributed by atoms with Crippen molar-refractivity contribution in [2.45, 2.75) is 20.0 Å². The van der Waals surface area contributed by atoms with Crippen LogP contribution in [0.25, 0.3) is 0 Å². The zero-order valence-electron chi connectivity index (χ0n) is 12.3. The molecule has 2 aromatic rings. The molecule has 1 fully saturated rings. The van der Waals surface area contributed by atoms with E-state index in [1.807, 2.05) is 23.1 Å². The van der Waals surface area contributed by atoms with E-state index in [0.717, 1.165) is 56.8 Å². The molecule has 3 heterocycles. The van der Waals surface area contributed by atoms with Gasteiger partial charge >= 0.3 is 0 Å². The third kappa shape index (κ3) is 3.81. The fraction of sp³-hybridized carbons (Fsp3) is 0.571. The first-order chi connectivity index (χ1) is 10.3. The molecule has 2 aromatic heterocycles. The molecule has 3 rings (SSSR count). The molecule has 21 heavy (non-hydrogen) atoms. The fourth-order valence-electron chi connectivity index (χ4n) is 2.29. The van der Waals surface area contributed by atoms with Gasteiger partial charge in [0.25, 0.3) is 0 Å². The van der Waals surface area contributed by atoms with Gasteiger partial charge in [-0.25, -0.2) is 4.98 Å². The molecule has 1 aliphatic heterocycles. The molecule has 1 saturated heterocycles. The van der Waals surface area contributed by atoms with Crippen molar-refractivity contribution in [3.8, 4) is 0 Å². The minimum Gasteiger partial charge on any atom is -0.378 e. The zero-order valence-corrected chi connectivity index (χ0v) is 13.1. The van der Waals surface area contributed by atoms with Crippen LogP contribution in [0.15, 0.2) is 18.5 Å². The Hall–Kier alpha value is -1.44. The second-order valence-electron chi connectivity index (χ2n) is 5.05. The molecule has 0 atom stereocenters. The van der Waals surface area contributed by atoms with Crippen molar-refractivity contribution in [1.29, 1.82) is 0 Å². The summed E-state index contributed by atoms with van der Waals surface area (Å²) in [6.07, 6.45) is 3.79. The normalized spacial score (nSPS) is 15.6. The first-order valence-electron chi connectivity index (χ1n) is 7.30. The van der Waals surface area contributed by atoms with E-state index in [9.17, 15) is 0 Å². The third-order valence-corrected chi connectivity index (χ3v) is 4.74. The molecule has 0 bridgehead atoms. The van der Waals surface area contributed by atoms with Gasteiger partial charge < -0.3 is 15.0 Å². The van der Waals surface area contributed by atoms with E-state index in [0.29, 0.717) is 0 Å². The Kier molecular flexibility index (Phi) is 4.84. The Morgan fingerprint density at radius 1 is 1.38 bits per heavy atom. The minimum absolute atomic E-state index is 0.802. The summed E-state index contributed by atoms with van der Waals surface area (Å²) in [6, 6.07) is 1.95. The molecular weight excluding hydrogens is 286 g/mol. The summed E-state index contributed by atoms with van der Waals surface area (Å²) in [4.78, 5) is 8.32. The molecule has 0 aliphatic carbocycles. The first kappa shape index (κ1) is 14.5. The van der Waals surface area contributed by atoms with Gasteiger partial charge in [-0.15, -0.1) is 11.3 Å². The smallest absolute Gasteiger partial charge is 0.185 e. The van der Waals surface area contributed by atoms with Gasteiger partial charge in [0.2, 0.25) is 0 Å². The number of hydrogen-bond acceptors (Lipinski definition) is 6. The molecule has 0 spiro atoms. The summed E-state index contributed by atoms with van der Waals surface area (Å²) in [5, 5.41) is 8.78. The van der Waals surface area contributed by atoms with Crippen molar-refractivity contribution in [2.24, 2.45) is 0 Å². The van der Waals surface area contributed by atoms with Crippen LogP contribution >= 0.6 is 11.3 Å². The number of rotatable bonds is 6. The Bertz CT molecular complexity index is 548. The highest BCUT2D eigenvalue weighted by Gasteiger charge is 2.16. The van der Waals surface area contributed by atoms with Crippen molar-refractivity contribution in [3.05, 3.63) is 29.0 Å². The van der Waals surface area contributed by atoms with Crippen LogP contribution in [0.3, 0.4) is 0 Å². The summed E-state index contributed by atoms with van der Waals surface area (Å²) < 4.78 is 7.32. The largest absolute Gasteiger partial charge is 0.378 e. The highest BCUT2D eigenvalue weighted by atomic mass is 32.1. The molecule has 6 nitrogen and oxygen atoms in total. The number of aryl methyl sites for hydroxylation is 1. The van der Waals surface area contributed by atoms with Gasteiger partial charge in [-0.3, -0.25) is 4.68 Å². The number of thiazole rings is 1. The number of aromatic nitrogens is 3. The number of nitrogens with one attached hydrogen (secondary N) is 1. The lowest BCUT2D eigenvalue weighted by atomic mass is 10.4. The predicted octanol–water partition coefficient (Wildman–Crippen LogP) is 1.27. The van der Waals surface area contributed by atoms with E-state index in [1.165, 1.54) is 4.88 Å². The molecule has 0 saturated carbocycles. The lowest BCUT2D eigenvalue weighted by Gasteiger charge is -2.26. The van der Waals surface area contributed by atoms with Crippen LogP contribution in [0.1, 0.15) is 10.6 Å². The molecule has 0 unspecified atom stereocenters. The number of anilines is 1. The summed E-state index contributed by atoms with van der Waals surface area (Å²) in [7, 11) is 0. The lowest BCUT2D eigenvalue weighted by Crippen LogP contribution is -2.36. The van der Waals surface area contributed by atoms with E-state index in [4.69, 9.17) is 9.72 Å². The molecule has 1 N–H and O–H groups in total. The van der Waals surface area contributed by atoms with Crippen LogP contribution in [0, 0.1) is 6.92 Å². The monoisotopic (exact) mass is 307 g/mol. The van der Waals surface area contributed by atoms with E-state index in [-0.39, 0.29) is 0 Å². The lowest BCUT2D eigenvalue weighted by molar-refractivity contribution is 0.122. The number of morpholine rings is 1. The number of hydrogen-bond donors (Lipinski definition) is 1. The van der Waals surface area contributed by atoms with Crippen molar-refractivity contribution >= 4 is 16.5 Å². The highest BCUT2D eigenvalue weighted by molar-refractivity contribution is 7.15. The van der Waals surface area contributed by atoms with Gasteiger partial charge in [0.15, 0.2) is 5.13 Å². The molecule has 114 valence electrons. The van der Waals surface area contributed by atoms with Crippen LogP contribution in [0.2, 0.25) is 0 Å². The van der Waals surface area contributed by atoms with Crippen molar-refractivity contribution < 1.29 is 4.74 Å². The van der Waals surface area contributed by atoms with Crippen LogP contribution in [-0.4, -0.2) is 47.6 Å². The maximum Gasteiger partial charge on any atom is 0.185 e. The maximum absolute atomic E-state index is 5.39. The Morgan fingerprint density at radius 3 is 3.00 bits per heavy atom. The van der Waals surface area contributed by atoms with Gasteiger partial charge in [0.1, 0.15) is 0 Å². The Balaban J connectivity index is 1.49. The number of ether oxygens (including phenoxy) is 1. The van der Waals surface area contributed by atoms with E-state index in [2.05, 4.69) is 22.2 Å². The summed E-state index contributed by atoms with van der Waals surface area (Å²) >= 11 is 1.79. The van der Waals surface area contributed by atoms with Gasteiger partial charge in [-0.1, -0.05) is 0 Å². The van der Waals surface area contributed by atoms with Crippen molar-refractivity contribution in [1.82, 2.24) is 20.1 Å². The molecular formula is C14H21N5OS. The van der Waals surface area contributed by atoms with Gasteiger partial charge in [0.05, 0.1) is 25.5 Å². The topological polar surface area (TPSA) is 55.2 Å². The second kappa shape index (κ2) is 7.02. The van der Waals surface area contributed by atoms with E-state index >= 15 is 0 Å². The predicted molar refractivity (Wildman–Crippen MR) is 83.8 cm³/mol. The SMILES string of the molecule is Cc1nc(N2CCOCC2)sc1CNCCn1cccn1. The van der Waals surface area contributed by atoms with Crippen LogP contribution < -0.4 is 10.2 Å². The summed E-state index contributed by atoms with van der Waals surface area (Å²) in [5.41, 5.74) is 1.13. The minimum atomic E-state index is 0.802. The van der Waals surface area contributed by atoms with Crippen LogP contribution in [0.4, 0.5) is 5.13 Å². The Labute approximate surface area is 128 Å².